The number of carbonyl (C=O) groups excluding carboxylic acids is 1. The average Bonchev–Trinajstić information content (AvgIpc) is 2.95. The topological polar surface area (TPSA) is 68.5 Å². The van der Waals surface area contributed by atoms with E-state index in [9.17, 15) is 4.79 Å². The van der Waals surface area contributed by atoms with Crippen LogP contribution in [0, 0.1) is 0 Å². The van der Waals surface area contributed by atoms with Gasteiger partial charge in [-0.15, -0.1) is 11.3 Å². The van der Waals surface area contributed by atoms with Gasteiger partial charge in [-0.2, -0.15) is 0 Å². The molecule has 0 saturated carbocycles. The molecule has 0 bridgehead atoms. The highest BCUT2D eigenvalue weighted by atomic mass is 32.1. The van der Waals surface area contributed by atoms with Crippen LogP contribution in [0.1, 0.15) is 21.1 Å². The van der Waals surface area contributed by atoms with Crippen molar-refractivity contribution in [1.82, 2.24) is 9.88 Å². The normalized spacial score (nSPS) is 10.4. The highest BCUT2D eigenvalue weighted by Crippen LogP contribution is 2.16. The van der Waals surface area contributed by atoms with Gasteiger partial charge in [-0.05, 0) is 24.2 Å². The molecule has 5 nitrogen and oxygen atoms in total. The molecule has 1 heterocycles. The minimum absolute atomic E-state index is 0.0858. The number of amides is 1. The molecule has 0 aliphatic carbocycles. The molecule has 1 amide bonds. The molecule has 2 N–H and O–H groups in total. The van der Waals surface area contributed by atoms with Gasteiger partial charge < -0.3 is 15.4 Å². The first-order valence-electron chi connectivity index (χ1n) is 6.67. The Bertz CT molecular complexity index is 612. The third-order valence-electron chi connectivity index (χ3n) is 3.03. The second-order valence-electron chi connectivity index (χ2n) is 4.68. The molecule has 0 radical (unpaired) electrons. The number of rotatable bonds is 6. The molecule has 1 aromatic carbocycles. The van der Waals surface area contributed by atoms with Gasteiger partial charge in [0.25, 0.3) is 5.91 Å². The molecule has 2 rings (SSSR count). The fourth-order valence-electron chi connectivity index (χ4n) is 1.96. The van der Waals surface area contributed by atoms with Crippen LogP contribution in [0.4, 0.5) is 0 Å². The molecule has 0 aliphatic rings. The van der Waals surface area contributed by atoms with E-state index in [-0.39, 0.29) is 5.91 Å². The van der Waals surface area contributed by atoms with Gasteiger partial charge in [-0.25, -0.2) is 4.98 Å². The zero-order chi connectivity index (χ0) is 15.2. The lowest BCUT2D eigenvalue weighted by atomic mass is 10.2. The summed E-state index contributed by atoms with van der Waals surface area (Å²) in [5.74, 6) is 0.699. The van der Waals surface area contributed by atoms with E-state index >= 15 is 0 Å². The van der Waals surface area contributed by atoms with Crippen LogP contribution in [0.3, 0.4) is 0 Å². The highest BCUT2D eigenvalue weighted by molar-refractivity contribution is 7.09. The van der Waals surface area contributed by atoms with Gasteiger partial charge in [0.2, 0.25) is 0 Å². The molecule has 1 aromatic heterocycles. The van der Waals surface area contributed by atoms with Crippen molar-refractivity contribution in [2.75, 3.05) is 20.7 Å². The third kappa shape index (κ3) is 4.03. The molecule has 6 heteroatoms. The Morgan fingerprint density at radius 2 is 2.29 bits per heavy atom. The average molecular weight is 305 g/mol. The summed E-state index contributed by atoms with van der Waals surface area (Å²) >= 11 is 1.47. The van der Waals surface area contributed by atoms with Gasteiger partial charge in [-0.3, -0.25) is 4.79 Å². The molecule has 0 spiro atoms. The van der Waals surface area contributed by atoms with Crippen LogP contribution in [0.15, 0.2) is 29.6 Å². The van der Waals surface area contributed by atoms with E-state index in [0.29, 0.717) is 25.2 Å². The van der Waals surface area contributed by atoms with Gasteiger partial charge >= 0.3 is 0 Å². The largest absolute Gasteiger partial charge is 0.497 e. The van der Waals surface area contributed by atoms with E-state index in [1.54, 1.807) is 24.4 Å². The number of hydrogen-bond acceptors (Lipinski definition) is 5. The van der Waals surface area contributed by atoms with Crippen molar-refractivity contribution in [1.29, 1.82) is 0 Å². The lowest BCUT2D eigenvalue weighted by Gasteiger charge is -2.16. The number of carbonyl (C=O) groups is 1. The maximum atomic E-state index is 12.3. The van der Waals surface area contributed by atoms with Crippen molar-refractivity contribution >= 4 is 17.2 Å². The second-order valence-corrected chi connectivity index (χ2v) is 5.62. The van der Waals surface area contributed by atoms with Crippen molar-refractivity contribution in [3.05, 3.63) is 45.9 Å². The molecular formula is C15H19N3O2S. The first-order chi connectivity index (χ1) is 10.1. The highest BCUT2D eigenvalue weighted by Gasteiger charge is 2.15. The quantitative estimate of drug-likeness (QED) is 0.885. The molecule has 0 unspecified atom stereocenters. The number of nitrogens with zero attached hydrogens (tertiary/aromatic N) is 2. The van der Waals surface area contributed by atoms with E-state index in [4.69, 9.17) is 10.5 Å². The zero-order valence-electron chi connectivity index (χ0n) is 12.2. The minimum atomic E-state index is -0.0858. The van der Waals surface area contributed by atoms with Gasteiger partial charge in [-0.1, -0.05) is 12.1 Å². The standard InChI is InChI=1S/C15H19N3O2S/c1-18(9-11-4-3-5-12(8-11)20-2)15(19)13-10-21-14(17-13)6-7-16/h3-5,8,10H,6-7,9,16H2,1-2H3. The minimum Gasteiger partial charge on any atom is -0.497 e. The van der Waals surface area contributed by atoms with E-state index in [0.717, 1.165) is 16.3 Å². The van der Waals surface area contributed by atoms with Gasteiger partial charge in [0, 0.05) is 25.4 Å². The summed E-state index contributed by atoms with van der Waals surface area (Å²) in [4.78, 5) is 18.3. The summed E-state index contributed by atoms with van der Waals surface area (Å²) in [6.07, 6.45) is 0.706. The number of aromatic nitrogens is 1. The Balaban J connectivity index is 2.04. The van der Waals surface area contributed by atoms with Gasteiger partial charge in [0.05, 0.1) is 12.1 Å². The maximum absolute atomic E-state index is 12.3. The molecule has 0 aliphatic heterocycles. The molecule has 2 aromatic rings. The fourth-order valence-corrected chi connectivity index (χ4v) is 2.75. The van der Waals surface area contributed by atoms with E-state index in [1.165, 1.54) is 11.3 Å². The molecule has 0 atom stereocenters. The van der Waals surface area contributed by atoms with E-state index < -0.39 is 0 Å². The Kier molecular flexibility index (Phi) is 5.30. The summed E-state index contributed by atoms with van der Waals surface area (Å²) in [5.41, 5.74) is 6.99. The van der Waals surface area contributed by atoms with Crippen molar-refractivity contribution in [2.24, 2.45) is 5.73 Å². The summed E-state index contributed by atoms with van der Waals surface area (Å²) in [7, 11) is 3.39. The van der Waals surface area contributed by atoms with Gasteiger partial charge in [0.1, 0.15) is 11.4 Å². The van der Waals surface area contributed by atoms with E-state index in [1.807, 2.05) is 24.3 Å². The number of methoxy groups -OCH3 is 1. The molecule has 112 valence electrons. The second kappa shape index (κ2) is 7.19. The number of hydrogen-bond donors (Lipinski definition) is 1. The smallest absolute Gasteiger partial charge is 0.273 e. The predicted octanol–water partition coefficient (Wildman–Crippen LogP) is 1.93. The SMILES string of the molecule is COc1cccc(CN(C)C(=O)c2csc(CCN)n2)c1. The monoisotopic (exact) mass is 305 g/mol. The Hall–Kier alpha value is -1.92. The predicted molar refractivity (Wildman–Crippen MR) is 83.7 cm³/mol. The van der Waals surface area contributed by atoms with Crippen molar-refractivity contribution in [3.63, 3.8) is 0 Å². The number of benzene rings is 1. The Labute approximate surface area is 128 Å². The summed E-state index contributed by atoms with van der Waals surface area (Å²) < 4.78 is 5.19. The van der Waals surface area contributed by atoms with Crippen LogP contribution >= 0.6 is 11.3 Å². The lowest BCUT2D eigenvalue weighted by molar-refractivity contribution is 0.0780. The molecule has 0 fully saturated rings. The first-order valence-corrected chi connectivity index (χ1v) is 7.55. The number of thiazole rings is 1. The summed E-state index contributed by atoms with van der Waals surface area (Å²) in [6, 6.07) is 7.68. The Morgan fingerprint density at radius 3 is 3.00 bits per heavy atom. The maximum Gasteiger partial charge on any atom is 0.273 e. The third-order valence-corrected chi connectivity index (χ3v) is 3.94. The lowest BCUT2D eigenvalue weighted by Crippen LogP contribution is -2.26. The van der Waals surface area contributed by atoms with Crippen molar-refractivity contribution in [3.8, 4) is 5.75 Å². The summed E-state index contributed by atoms with van der Waals surface area (Å²) in [6.45, 7) is 1.06. The van der Waals surface area contributed by atoms with Crippen LogP contribution in [0.5, 0.6) is 5.75 Å². The molecule has 0 saturated heterocycles. The van der Waals surface area contributed by atoms with Gasteiger partial charge in [0.15, 0.2) is 0 Å². The van der Waals surface area contributed by atoms with Crippen molar-refractivity contribution in [2.45, 2.75) is 13.0 Å². The van der Waals surface area contributed by atoms with E-state index in [2.05, 4.69) is 4.98 Å². The molecule has 21 heavy (non-hydrogen) atoms. The first kappa shape index (κ1) is 15.5. The fraction of sp³-hybridized carbons (Fsp3) is 0.333. The number of nitrogens with two attached hydrogens (primary N) is 1. The van der Waals surface area contributed by atoms with Crippen LogP contribution in [-0.4, -0.2) is 36.5 Å². The molecular weight excluding hydrogens is 286 g/mol. The van der Waals surface area contributed by atoms with Crippen molar-refractivity contribution < 1.29 is 9.53 Å². The van der Waals surface area contributed by atoms with Crippen LogP contribution in [0.2, 0.25) is 0 Å². The zero-order valence-corrected chi connectivity index (χ0v) is 13.0. The number of ether oxygens (including phenoxy) is 1. The van der Waals surface area contributed by atoms with Crippen LogP contribution in [0.25, 0.3) is 0 Å². The van der Waals surface area contributed by atoms with Crippen LogP contribution in [-0.2, 0) is 13.0 Å². The van der Waals surface area contributed by atoms with Crippen LogP contribution < -0.4 is 10.5 Å². The summed E-state index contributed by atoms with van der Waals surface area (Å²) in [5, 5.41) is 2.69. The Morgan fingerprint density at radius 1 is 1.48 bits per heavy atom.